The largest absolute Gasteiger partial charge is 0.357 e. The predicted molar refractivity (Wildman–Crippen MR) is 134 cm³/mol. The van der Waals surface area contributed by atoms with Gasteiger partial charge >= 0.3 is 0 Å². The van der Waals surface area contributed by atoms with Gasteiger partial charge in [0.1, 0.15) is 0 Å². The minimum Gasteiger partial charge on any atom is -0.357 e. The Hall–Kier alpha value is -3.70. The molecule has 5 heteroatoms. The van der Waals surface area contributed by atoms with Crippen molar-refractivity contribution in [2.24, 2.45) is 0 Å². The number of H-pyrrole nitrogens is 1. The quantitative estimate of drug-likeness (QED) is 0.431. The summed E-state index contributed by atoms with van der Waals surface area (Å²) < 4.78 is 0. The fourth-order valence-corrected chi connectivity index (χ4v) is 5.81. The summed E-state index contributed by atoms with van der Waals surface area (Å²) in [5, 5.41) is 1.23. The number of nitrogens with one attached hydrogen (secondary N) is 1. The van der Waals surface area contributed by atoms with Crippen LogP contribution in [0.2, 0.25) is 0 Å². The SMILES string of the molecule is Cc1ccccc1N1C(=O)CC(N2CC(c3ccccc3)c3c([nH]c4ccccc34)C2C)C1=O. The van der Waals surface area contributed by atoms with E-state index in [9.17, 15) is 9.59 Å². The summed E-state index contributed by atoms with van der Waals surface area (Å²) in [5.41, 5.74) is 6.39. The third-order valence-electron chi connectivity index (χ3n) is 7.52. The molecule has 3 heterocycles. The number of fused-ring (bicyclic) bond motifs is 3. The van der Waals surface area contributed by atoms with Crippen molar-refractivity contribution in [1.82, 2.24) is 9.88 Å². The first-order valence-corrected chi connectivity index (χ1v) is 11.9. The van der Waals surface area contributed by atoms with Crippen LogP contribution in [0.4, 0.5) is 5.69 Å². The molecule has 3 aromatic carbocycles. The number of hydrogen-bond donors (Lipinski definition) is 1. The van der Waals surface area contributed by atoms with Gasteiger partial charge in [-0.2, -0.15) is 0 Å². The van der Waals surface area contributed by atoms with Crippen LogP contribution in [0.3, 0.4) is 0 Å². The Morgan fingerprint density at radius 3 is 2.38 bits per heavy atom. The maximum atomic E-state index is 13.7. The lowest BCUT2D eigenvalue weighted by atomic mass is 9.83. The summed E-state index contributed by atoms with van der Waals surface area (Å²) in [7, 11) is 0. The van der Waals surface area contributed by atoms with Gasteiger partial charge in [-0.1, -0.05) is 66.7 Å². The molecule has 1 N–H and O–H groups in total. The maximum Gasteiger partial charge on any atom is 0.251 e. The molecule has 170 valence electrons. The van der Waals surface area contributed by atoms with E-state index in [4.69, 9.17) is 0 Å². The zero-order valence-electron chi connectivity index (χ0n) is 19.4. The number of hydrogen-bond acceptors (Lipinski definition) is 3. The third-order valence-corrected chi connectivity index (χ3v) is 7.52. The Kier molecular flexibility index (Phi) is 4.89. The molecule has 3 unspecified atom stereocenters. The van der Waals surface area contributed by atoms with Crippen LogP contribution >= 0.6 is 0 Å². The van der Waals surface area contributed by atoms with Crippen molar-refractivity contribution in [3.05, 3.63) is 101 Å². The summed E-state index contributed by atoms with van der Waals surface area (Å²) >= 11 is 0. The number of nitrogens with zero attached hydrogens (tertiary/aromatic N) is 2. The van der Waals surface area contributed by atoms with Crippen LogP contribution in [0, 0.1) is 6.92 Å². The molecule has 6 rings (SSSR count). The molecule has 3 atom stereocenters. The Labute approximate surface area is 199 Å². The predicted octanol–water partition coefficient (Wildman–Crippen LogP) is 5.32. The Morgan fingerprint density at radius 1 is 0.882 bits per heavy atom. The smallest absolute Gasteiger partial charge is 0.251 e. The number of carbonyl (C=O) groups excluding carboxylic acids is 2. The average Bonchev–Trinajstić information content (AvgIpc) is 3.38. The van der Waals surface area contributed by atoms with Crippen molar-refractivity contribution < 1.29 is 9.59 Å². The van der Waals surface area contributed by atoms with E-state index in [0.29, 0.717) is 12.2 Å². The molecule has 0 bridgehead atoms. The van der Waals surface area contributed by atoms with E-state index in [0.717, 1.165) is 16.8 Å². The van der Waals surface area contributed by atoms with Crippen LogP contribution in [0.25, 0.3) is 10.9 Å². The molecule has 5 nitrogen and oxygen atoms in total. The molecule has 0 radical (unpaired) electrons. The van der Waals surface area contributed by atoms with E-state index in [1.807, 2.05) is 43.3 Å². The van der Waals surface area contributed by atoms with Gasteiger partial charge in [0.05, 0.1) is 18.2 Å². The van der Waals surface area contributed by atoms with E-state index >= 15 is 0 Å². The minimum absolute atomic E-state index is 0.0130. The standard InChI is InChI=1S/C29H27N3O2/c1-18-10-6-9-15-24(18)32-26(33)16-25(29(32)34)31-17-22(20-11-4-3-5-12-20)27-21-13-7-8-14-23(21)30-28(27)19(31)2/h3-15,19,22,25,30H,16-17H2,1-2H3. The molecule has 2 amide bonds. The minimum atomic E-state index is -0.479. The number of para-hydroxylation sites is 2. The van der Waals surface area contributed by atoms with Gasteiger partial charge in [0.25, 0.3) is 5.91 Å². The monoisotopic (exact) mass is 449 g/mol. The molecule has 34 heavy (non-hydrogen) atoms. The number of aromatic nitrogens is 1. The van der Waals surface area contributed by atoms with Crippen molar-refractivity contribution in [2.45, 2.75) is 38.3 Å². The van der Waals surface area contributed by atoms with Crippen LogP contribution in [0.1, 0.15) is 47.7 Å². The molecule has 1 fully saturated rings. The number of aryl methyl sites for hydroxylation is 1. The highest BCUT2D eigenvalue weighted by molar-refractivity contribution is 6.22. The van der Waals surface area contributed by atoms with Gasteiger partial charge in [-0.3, -0.25) is 14.5 Å². The highest BCUT2D eigenvalue weighted by Crippen LogP contribution is 2.45. The second kappa shape index (κ2) is 7.96. The molecule has 1 aromatic heterocycles. The zero-order chi connectivity index (χ0) is 23.4. The molecule has 4 aromatic rings. The Morgan fingerprint density at radius 2 is 1.59 bits per heavy atom. The molecular weight excluding hydrogens is 422 g/mol. The summed E-state index contributed by atoms with van der Waals surface area (Å²) in [6.45, 7) is 4.77. The maximum absolute atomic E-state index is 13.7. The summed E-state index contributed by atoms with van der Waals surface area (Å²) in [6, 6.07) is 26.0. The molecule has 2 aliphatic heterocycles. The van der Waals surface area contributed by atoms with Gasteiger partial charge in [0, 0.05) is 35.1 Å². The molecule has 2 aliphatic rings. The number of anilines is 1. The van der Waals surface area contributed by atoms with Crippen molar-refractivity contribution in [3.8, 4) is 0 Å². The fourth-order valence-electron chi connectivity index (χ4n) is 5.81. The topological polar surface area (TPSA) is 56.4 Å². The number of aromatic amines is 1. The van der Waals surface area contributed by atoms with Gasteiger partial charge in [-0.25, -0.2) is 4.90 Å². The van der Waals surface area contributed by atoms with E-state index in [-0.39, 0.29) is 30.2 Å². The highest BCUT2D eigenvalue weighted by Gasteiger charge is 2.47. The molecule has 0 spiro atoms. The zero-order valence-corrected chi connectivity index (χ0v) is 19.4. The van der Waals surface area contributed by atoms with Gasteiger partial charge in [0.15, 0.2) is 0 Å². The van der Waals surface area contributed by atoms with Gasteiger partial charge < -0.3 is 4.98 Å². The summed E-state index contributed by atoms with van der Waals surface area (Å²) in [4.78, 5) is 34.1. The van der Waals surface area contributed by atoms with Crippen molar-refractivity contribution >= 4 is 28.4 Å². The molecule has 1 saturated heterocycles. The van der Waals surface area contributed by atoms with Gasteiger partial charge in [0.2, 0.25) is 5.91 Å². The summed E-state index contributed by atoms with van der Waals surface area (Å²) in [6.07, 6.45) is 0.203. The second-order valence-electron chi connectivity index (χ2n) is 9.41. The van der Waals surface area contributed by atoms with E-state index in [1.54, 1.807) is 0 Å². The number of rotatable bonds is 3. The average molecular weight is 450 g/mol. The van der Waals surface area contributed by atoms with Gasteiger partial charge in [-0.15, -0.1) is 0 Å². The third kappa shape index (κ3) is 3.11. The van der Waals surface area contributed by atoms with E-state index in [1.165, 1.54) is 21.4 Å². The first kappa shape index (κ1) is 20.9. The first-order chi connectivity index (χ1) is 16.5. The van der Waals surface area contributed by atoms with Gasteiger partial charge in [-0.05, 0) is 42.7 Å². The van der Waals surface area contributed by atoms with Crippen molar-refractivity contribution in [2.75, 3.05) is 11.4 Å². The lowest BCUT2D eigenvalue weighted by Gasteiger charge is -2.41. The molecular formula is C29H27N3O2. The number of carbonyl (C=O) groups is 2. The number of benzene rings is 3. The fraction of sp³-hybridized carbons (Fsp3) is 0.241. The lowest BCUT2D eigenvalue weighted by molar-refractivity contribution is -0.123. The van der Waals surface area contributed by atoms with Crippen LogP contribution in [0.5, 0.6) is 0 Å². The van der Waals surface area contributed by atoms with Crippen molar-refractivity contribution in [1.29, 1.82) is 0 Å². The first-order valence-electron chi connectivity index (χ1n) is 11.9. The highest BCUT2D eigenvalue weighted by atomic mass is 16.2. The van der Waals surface area contributed by atoms with Crippen LogP contribution in [0.15, 0.2) is 78.9 Å². The lowest BCUT2D eigenvalue weighted by Crippen LogP contribution is -2.47. The van der Waals surface area contributed by atoms with Crippen LogP contribution < -0.4 is 4.90 Å². The van der Waals surface area contributed by atoms with Crippen LogP contribution in [-0.4, -0.2) is 34.3 Å². The van der Waals surface area contributed by atoms with Crippen molar-refractivity contribution in [3.63, 3.8) is 0 Å². The molecule has 0 aliphatic carbocycles. The summed E-state index contributed by atoms with van der Waals surface area (Å²) in [5.74, 6) is -0.147. The van der Waals surface area contributed by atoms with E-state index < -0.39 is 6.04 Å². The Balaban J connectivity index is 1.44. The molecule has 0 saturated carbocycles. The normalized spacial score (nSPS) is 23.0. The second-order valence-corrected chi connectivity index (χ2v) is 9.41. The van der Waals surface area contributed by atoms with E-state index in [2.05, 4.69) is 59.3 Å². The number of imide groups is 1. The Bertz CT molecular complexity index is 1410. The number of amides is 2. The van der Waals surface area contributed by atoms with Crippen LogP contribution in [-0.2, 0) is 9.59 Å².